The molecule has 0 spiro atoms. The highest BCUT2D eigenvalue weighted by atomic mass is 127. The summed E-state index contributed by atoms with van der Waals surface area (Å²) in [6.45, 7) is 3.53. The minimum absolute atomic E-state index is 0.1000. The molecule has 1 aliphatic rings. The van der Waals surface area contributed by atoms with Gasteiger partial charge in [-0.1, -0.05) is 25.2 Å². The SMILES string of the molecule is CC1(C(N)=S)CCN(C(=O)c2cccc(I)c2)CC1. The highest BCUT2D eigenvalue weighted by molar-refractivity contribution is 14.1. The van der Waals surface area contributed by atoms with Crippen LogP contribution in [0.25, 0.3) is 0 Å². The number of likely N-dealkylation sites (tertiary alicyclic amines) is 1. The minimum Gasteiger partial charge on any atom is -0.393 e. The van der Waals surface area contributed by atoms with Crippen molar-refractivity contribution in [2.24, 2.45) is 11.1 Å². The Labute approximate surface area is 132 Å². The normalized spacial score (nSPS) is 18.1. The van der Waals surface area contributed by atoms with Gasteiger partial charge in [-0.15, -0.1) is 0 Å². The van der Waals surface area contributed by atoms with Crippen LogP contribution in [-0.4, -0.2) is 28.9 Å². The minimum atomic E-state index is -0.1000. The summed E-state index contributed by atoms with van der Waals surface area (Å²) < 4.78 is 1.08. The first-order valence-electron chi connectivity index (χ1n) is 6.27. The summed E-state index contributed by atoms with van der Waals surface area (Å²) in [6, 6.07) is 7.69. The molecule has 0 atom stereocenters. The molecular weight excluding hydrogens is 371 g/mol. The van der Waals surface area contributed by atoms with Crippen molar-refractivity contribution in [2.45, 2.75) is 19.8 Å². The van der Waals surface area contributed by atoms with Crippen LogP contribution in [-0.2, 0) is 0 Å². The van der Waals surface area contributed by atoms with Crippen molar-refractivity contribution in [3.63, 3.8) is 0 Å². The molecule has 1 aromatic carbocycles. The van der Waals surface area contributed by atoms with Crippen molar-refractivity contribution in [3.05, 3.63) is 33.4 Å². The lowest BCUT2D eigenvalue weighted by atomic mass is 9.80. The second-order valence-corrected chi connectivity index (χ2v) is 6.91. The number of carbonyl (C=O) groups excluding carboxylic acids is 1. The quantitative estimate of drug-likeness (QED) is 0.626. The average molecular weight is 388 g/mol. The number of hydrogen-bond acceptors (Lipinski definition) is 2. The molecule has 0 unspecified atom stereocenters. The van der Waals surface area contributed by atoms with Crippen LogP contribution >= 0.6 is 34.8 Å². The maximum atomic E-state index is 12.4. The van der Waals surface area contributed by atoms with Gasteiger partial charge in [0.25, 0.3) is 5.91 Å². The van der Waals surface area contributed by atoms with E-state index >= 15 is 0 Å². The largest absolute Gasteiger partial charge is 0.393 e. The summed E-state index contributed by atoms with van der Waals surface area (Å²) in [7, 11) is 0. The van der Waals surface area contributed by atoms with E-state index in [1.807, 2.05) is 29.2 Å². The monoisotopic (exact) mass is 388 g/mol. The Morgan fingerprint density at radius 2 is 2.05 bits per heavy atom. The molecule has 0 bridgehead atoms. The molecule has 1 amide bonds. The number of carbonyl (C=O) groups is 1. The number of halogens is 1. The van der Waals surface area contributed by atoms with E-state index in [1.54, 1.807) is 0 Å². The van der Waals surface area contributed by atoms with Gasteiger partial charge in [-0.2, -0.15) is 0 Å². The summed E-state index contributed by atoms with van der Waals surface area (Å²) in [5.74, 6) is 0.100. The maximum absolute atomic E-state index is 12.4. The molecule has 2 rings (SSSR count). The molecule has 1 fully saturated rings. The fraction of sp³-hybridized carbons (Fsp3) is 0.429. The molecule has 5 heteroatoms. The number of nitrogens with two attached hydrogens (primary N) is 1. The summed E-state index contributed by atoms with van der Waals surface area (Å²) >= 11 is 7.34. The Hall–Kier alpha value is -0.690. The van der Waals surface area contributed by atoms with Crippen LogP contribution in [0.15, 0.2) is 24.3 Å². The van der Waals surface area contributed by atoms with Crippen molar-refractivity contribution >= 4 is 45.7 Å². The first kappa shape index (κ1) is 14.7. The van der Waals surface area contributed by atoms with E-state index in [0.717, 1.165) is 35.1 Å². The van der Waals surface area contributed by atoms with Crippen LogP contribution < -0.4 is 5.73 Å². The molecule has 102 valence electrons. The van der Waals surface area contributed by atoms with Crippen molar-refractivity contribution < 1.29 is 4.79 Å². The van der Waals surface area contributed by atoms with Crippen LogP contribution in [0.4, 0.5) is 0 Å². The number of amides is 1. The van der Waals surface area contributed by atoms with E-state index in [2.05, 4.69) is 29.5 Å². The van der Waals surface area contributed by atoms with Crippen molar-refractivity contribution in [2.75, 3.05) is 13.1 Å². The topological polar surface area (TPSA) is 46.3 Å². The van der Waals surface area contributed by atoms with Crippen LogP contribution in [0.1, 0.15) is 30.1 Å². The van der Waals surface area contributed by atoms with Crippen molar-refractivity contribution in [1.82, 2.24) is 4.90 Å². The summed E-state index contributed by atoms with van der Waals surface area (Å²) in [6.07, 6.45) is 1.69. The van der Waals surface area contributed by atoms with E-state index in [-0.39, 0.29) is 11.3 Å². The van der Waals surface area contributed by atoms with Gasteiger partial charge in [0.15, 0.2) is 0 Å². The first-order valence-corrected chi connectivity index (χ1v) is 7.76. The fourth-order valence-corrected chi connectivity index (χ4v) is 3.00. The molecule has 1 saturated heterocycles. The summed E-state index contributed by atoms with van der Waals surface area (Å²) in [4.78, 5) is 14.8. The second-order valence-electron chi connectivity index (χ2n) is 5.23. The smallest absolute Gasteiger partial charge is 0.253 e. The number of thiocarbonyl (C=S) groups is 1. The Bertz CT molecular complexity index is 510. The zero-order valence-corrected chi connectivity index (χ0v) is 13.8. The van der Waals surface area contributed by atoms with Gasteiger partial charge in [0, 0.05) is 27.6 Å². The molecule has 19 heavy (non-hydrogen) atoms. The van der Waals surface area contributed by atoms with Crippen LogP contribution in [0.5, 0.6) is 0 Å². The molecular formula is C14H17IN2OS. The number of rotatable bonds is 2. The lowest BCUT2D eigenvalue weighted by Gasteiger charge is -2.38. The van der Waals surface area contributed by atoms with Gasteiger partial charge in [-0.05, 0) is 53.6 Å². The van der Waals surface area contributed by atoms with Gasteiger partial charge >= 0.3 is 0 Å². The van der Waals surface area contributed by atoms with Gasteiger partial charge in [-0.25, -0.2) is 0 Å². The predicted octanol–water partition coefficient (Wildman–Crippen LogP) is 2.82. The van der Waals surface area contributed by atoms with Crippen molar-refractivity contribution in [3.8, 4) is 0 Å². The van der Waals surface area contributed by atoms with Gasteiger partial charge < -0.3 is 10.6 Å². The van der Waals surface area contributed by atoms with E-state index in [4.69, 9.17) is 18.0 Å². The molecule has 1 heterocycles. The number of hydrogen-bond donors (Lipinski definition) is 1. The lowest BCUT2D eigenvalue weighted by molar-refractivity contribution is 0.0670. The van der Waals surface area contributed by atoms with E-state index in [1.165, 1.54) is 0 Å². The third kappa shape index (κ3) is 3.25. The standard InChI is InChI=1S/C14H17IN2OS/c1-14(13(16)19)5-7-17(8-6-14)12(18)10-3-2-4-11(15)9-10/h2-4,9H,5-8H2,1H3,(H2,16,19). The Balaban J connectivity index is 2.06. The molecule has 1 aliphatic heterocycles. The maximum Gasteiger partial charge on any atom is 0.253 e. The molecule has 1 aromatic rings. The molecule has 0 radical (unpaired) electrons. The molecule has 0 aliphatic carbocycles. The predicted molar refractivity (Wildman–Crippen MR) is 89.2 cm³/mol. The van der Waals surface area contributed by atoms with Crippen molar-refractivity contribution in [1.29, 1.82) is 0 Å². The van der Waals surface area contributed by atoms with Gasteiger partial charge in [0.1, 0.15) is 0 Å². The first-order chi connectivity index (χ1) is 8.92. The van der Waals surface area contributed by atoms with E-state index in [9.17, 15) is 4.79 Å². The number of benzene rings is 1. The van der Waals surface area contributed by atoms with Gasteiger partial charge in [0.2, 0.25) is 0 Å². The number of piperidine rings is 1. The lowest BCUT2D eigenvalue weighted by Crippen LogP contribution is -2.46. The molecule has 3 nitrogen and oxygen atoms in total. The zero-order valence-electron chi connectivity index (χ0n) is 10.9. The highest BCUT2D eigenvalue weighted by Crippen LogP contribution is 2.31. The van der Waals surface area contributed by atoms with Crippen LogP contribution in [0.2, 0.25) is 0 Å². The average Bonchev–Trinajstić information content (AvgIpc) is 2.38. The highest BCUT2D eigenvalue weighted by Gasteiger charge is 2.34. The van der Waals surface area contributed by atoms with E-state index in [0.29, 0.717) is 4.99 Å². The Morgan fingerprint density at radius 3 is 2.58 bits per heavy atom. The number of nitrogens with zero attached hydrogens (tertiary/aromatic N) is 1. The third-order valence-electron chi connectivity index (χ3n) is 3.82. The third-order valence-corrected chi connectivity index (χ3v) is 4.98. The molecule has 0 aromatic heterocycles. The summed E-state index contributed by atoms with van der Waals surface area (Å²) in [5, 5.41) is 0. The zero-order chi connectivity index (χ0) is 14.0. The molecule has 0 saturated carbocycles. The van der Waals surface area contributed by atoms with Crippen LogP contribution in [0, 0.1) is 8.99 Å². The van der Waals surface area contributed by atoms with Gasteiger partial charge in [0.05, 0.1) is 4.99 Å². The second kappa shape index (κ2) is 5.75. The van der Waals surface area contributed by atoms with E-state index < -0.39 is 0 Å². The van der Waals surface area contributed by atoms with Gasteiger partial charge in [-0.3, -0.25) is 4.79 Å². The Morgan fingerprint density at radius 1 is 1.42 bits per heavy atom. The Kier molecular flexibility index (Phi) is 4.45. The van der Waals surface area contributed by atoms with Crippen LogP contribution in [0.3, 0.4) is 0 Å². The summed E-state index contributed by atoms with van der Waals surface area (Å²) in [5.41, 5.74) is 6.44. The fourth-order valence-electron chi connectivity index (χ4n) is 2.25. The molecule has 2 N–H and O–H groups in total.